The van der Waals surface area contributed by atoms with E-state index in [-0.39, 0.29) is 23.7 Å². The number of nitrogens with one attached hydrogen (secondary N) is 1. The zero-order valence-electron chi connectivity index (χ0n) is 13.8. The number of carbonyl (C=O) groups excluding carboxylic acids is 1. The van der Waals surface area contributed by atoms with E-state index in [0.717, 1.165) is 6.07 Å². The summed E-state index contributed by atoms with van der Waals surface area (Å²) in [5.41, 5.74) is 0.612. The summed E-state index contributed by atoms with van der Waals surface area (Å²) in [5, 5.41) is 6.69. The minimum absolute atomic E-state index is 0.00873. The minimum Gasteiger partial charge on any atom is -0.390 e. The molecule has 5 nitrogen and oxygen atoms in total. The summed E-state index contributed by atoms with van der Waals surface area (Å²) in [6, 6.07) is 3.10. The van der Waals surface area contributed by atoms with Crippen LogP contribution in [0, 0.1) is 11.6 Å². The van der Waals surface area contributed by atoms with Crippen LogP contribution in [0.3, 0.4) is 0 Å². The molecule has 0 radical (unpaired) electrons. The Balaban J connectivity index is 2.00. The first-order chi connectivity index (χ1) is 11.4. The summed E-state index contributed by atoms with van der Waals surface area (Å²) in [6.07, 6.45) is 1.57. The lowest BCUT2D eigenvalue weighted by Crippen LogP contribution is -2.46. The van der Waals surface area contributed by atoms with Gasteiger partial charge < -0.3 is 15.1 Å². The fourth-order valence-corrected chi connectivity index (χ4v) is 2.39. The number of oxime groups is 1. The molecule has 0 fully saturated rings. The maximum atomic E-state index is 13.8. The molecular weight excluding hydrogens is 316 g/mol. The first-order valence-corrected chi connectivity index (χ1v) is 7.75. The van der Waals surface area contributed by atoms with Crippen molar-refractivity contribution in [1.29, 1.82) is 0 Å². The summed E-state index contributed by atoms with van der Waals surface area (Å²) in [7, 11) is 0. The topological polar surface area (TPSA) is 53.9 Å². The van der Waals surface area contributed by atoms with Gasteiger partial charge in [0, 0.05) is 30.6 Å². The molecule has 1 heterocycles. The number of carbonyl (C=O) groups is 1. The van der Waals surface area contributed by atoms with E-state index in [9.17, 15) is 13.6 Å². The smallest absolute Gasteiger partial charge is 0.318 e. The van der Waals surface area contributed by atoms with E-state index < -0.39 is 11.6 Å². The number of amides is 2. The highest BCUT2D eigenvalue weighted by Crippen LogP contribution is 2.20. The molecule has 0 saturated carbocycles. The van der Waals surface area contributed by atoms with Gasteiger partial charge in [0.1, 0.15) is 11.6 Å². The second-order valence-electron chi connectivity index (χ2n) is 5.89. The van der Waals surface area contributed by atoms with Crippen LogP contribution in [0.25, 0.3) is 0 Å². The maximum Gasteiger partial charge on any atom is 0.318 e. The molecule has 0 saturated heterocycles. The van der Waals surface area contributed by atoms with Gasteiger partial charge in [0.2, 0.25) is 0 Å². The van der Waals surface area contributed by atoms with E-state index in [2.05, 4.69) is 17.1 Å². The largest absolute Gasteiger partial charge is 0.390 e. The quantitative estimate of drug-likeness (QED) is 0.811. The van der Waals surface area contributed by atoms with E-state index in [1.165, 1.54) is 12.1 Å². The first-order valence-electron chi connectivity index (χ1n) is 7.75. The number of urea groups is 1. The Morgan fingerprint density at radius 1 is 1.54 bits per heavy atom. The fourth-order valence-electron chi connectivity index (χ4n) is 2.39. The van der Waals surface area contributed by atoms with E-state index in [4.69, 9.17) is 4.84 Å². The minimum atomic E-state index is -0.682. The zero-order valence-corrected chi connectivity index (χ0v) is 13.8. The maximum absolute atomic E-state index is 13.8. The van der Waals surface area contributed by atoms with Gasteiger partial charge in [-0.15, -0.1) is 6.58 Å². The SMILES string of the molecule is C=CCN(C[C@H]1CC(c2ccc(F)cc2F)=NO1)C(=O)NC(C)C. The third kappa shape index (κ3) is 4.53. The van der Waals surface area contributed by atoms with Crippen LogP contribution in [0.5, 0.6) is 0 Å². The Labute approximate surface area is 140 Å². The van der Waals surface area contributed by atoms with E-state index in [1.54, 1.807) is 11.0 Å². The van der Waals surface area contributed by atoms with Crippen LogP contribution in [-0.2, 0) is 4.84 Å². The number of halogens is 2. The molecule has 0 aliphatic carbocycles. The third-order valence-corrected chi connectivity index (χ3v) is 3.45. The molecule has 1 aliphatic heterocycles. The standard InChI is InChI=1S/C17H21F2N3O2/c1-4-7-22(17(23)20-11(2)3)10-13-9-16(21-24-13)14-6-5-12(18)8-15(14)19/h4-6,8,11,13H,1,7,9-10H2,2-3H3,(H,20,23)/t13-/m1/s1. The van der Waals surface area contributed by atoms with E-state index in [0.29, 0.717) is 25.2 Å². The summed E-state index contributed by atoms with van der Waals surface area (Å²) in [4.78, 5) is 19.0. The van der Waals surface area contributed by atoms with Gasteiger partial charge in [-0.05, 0) is 26.0 Å². The lowest BCUT2D eigenvalue weighted by atomic mass is 10.0. The molecule has 24 heavy (non-hydrogen) atoms. The molecular formula is C17H21F2N3O2. The second kappa shape index (κ2) is 7.90. The van der Waals surface area contributed by atoms with Gasteiger partial charge in [0.15, 0.2) is 6.10 Å². The van der Waals surface area contributed by atoms with Gasteiger partial charge in [-0.3, -0.25) is 0 Å². The molecule has 1 aromatic rings. The summed E-state index contributed by atoms with van der Waals surface area (Å²) >= 11 is 0. The summed E-state index contributed by atoms with van der Waals surface area (Å²) in [5.74, 6) is -1.33. The Kier molecular flexibility index (Phi) is 5.89. The highest BCUT2D eigenvalue weighted by Gasteiger charge is 2.27. The molecule has 130 valence electrons. The number of hydrogen-bond donors (Lipinski definition) is 1. The Morgan fingerprint density at radius 2 is 2.29 bits per heavy atom. The van der Waals surface area contributed by atoms with E-state index in [1.807, 2.05) is 13.8 Å². The average Bonchev–Trinajstić information content (AvgIpc) is 2.94. The highest BCUT2D eigenvalue weighted by atomic mass is 19.1. The number of hydrogen-bond acceptors (Lipinski definition) is 3. The van der Waals surface area contributed by atoms with Crippen molar-refractivity contribution in [3.63, 3.8) is 0 Å². The number of nitrogens with zero attached hydrogens (tertiary/aromatic N) is 2. The molecule has 0 spiro atoms. The van der Waals surface area contributed by atoms with Crippen molar-refractivity contribution in [3.8, 4) is 0 Å². The lowest BCUT2D eigenvalue weighted by molar-refractivity contribution is 0.0626. The van der Waals surface area contributed by atoms with Crippen molar-refractivity contribution in [2.24, 2.45) is 5.16 Å². The molecule has 1 N–H and O–H groups in total. The van der Waals surface area contributed by atoms with E-state index >= 15 is 0 Å². The monoisotopic (exact) mass is 337 g/mol. The van der Waals surface area contributed by atoms with Gasteiger partial charge in [0.05, 0.1) is 12.3 Å². The Morgan fingerprint density at radius 3 is 2.92 bits per heavy atom. The highest BCUT2D eigenvalue weighted by molar-refractivity contribution is 6.01. The van der Waals surface area contributed by atoms with Gasteiger partial charge >= 0.3 is 6.03 Å². The predicted molar refractivity (Wildman–Crippen MR) is 87.8 cm³/mol. The normalized spacial score (nSPS) is 16.5. The lowest BCUT2D eigenvalue weighted by Gasteiger charge is -2.24. The van der Waals surface area contributed by atoms with Gasteiger partial charge in [-0.2, -0.15) is 0 Å². The average molecular weight is 337 g/mol. The van der Waals surface area contributed by atoms with Crippen LogP contribution < -0.4 is 5.32 Å². The number of benzene rings is 1. The van der Waals surface area contributed by atoms with Gasteiger partial charge in [0.25, 0.3) is 0 Å². The van der Waals surface area contributed by atoms with Crippen molar-refractivity contribution < 1.29 is 18.4 Å². The van der Waals surface area contributed by atoms with Crippen molar-refractivity contribution in [2.45, 2.75) is 32.4 Å². The first kappa shape index (κ1) is 17.9. The van der Waals surface area contributed by atoms with Crippen LogP contribution in [0.4, 0.5) is 13.6 Å². The van der Waals surface area contributed by atoms with Crippen LogP contribution >= 0.6 is 0 Å². The second-order valence-corrected chi connectivity index (χ2v) is 5.89. The Bertz CT molecular complexity index is 647. The molecule has 1 aliphatic rings. The van der Waals surface area contributed by atoms with Gasteiger partial charge in [-0.25, -0.2) is 13.6 Å². The molecule has 1 atom stereocenters. The fraction of sp³-hybridized carbons (Fsp3) is 0.412. The molecule has 1 aromatic carbocycles. The van der Waals surface area contributed by atoms with Crippen LogP contribution in [0.1, 0.15) is 25.8 Å². The van der Waals surface area contributed by atoms with Crippen molar-refractivity contribution in [1.82, 2.24) is 10.2 Å². The third-order valence-electron chi connectivity index (χ3n) is 3.45. The van der Waals surface area contributed by atoms with Crippen LogP contribution in [-0.4, -0.2) is 41.9 Å². The molecule has 7 heteroatoms. The van der Waals surface area contributed by atoms with Crippen molar-refractivity contribution in [3.05, 3.63) is 48.1 Å². The molecule has 0 bridgehead atoms. The Hall–Kier alpha value is -2.44. The summed E-state index contributed by atoms with van der Waals surface area (Å²) in [6.45, 7) is 8.03. The molecule has 2 rings (SSSR count). The van der Waals surface area contributed by atoms with Gasteiger partial charge in [-0.1, -0.05) is 11.2 Å². The van der Waals surface area contributed by atoms with Crippen LogP contribution in [0.15, 0.2) is 36.0 Å². The molecule has 0 unspecified atom stereocenters. The van der Waals surface area contributed by atoms with Crippen molar-refractivity contribution >= 4 is 11.7 Å². The van der Waals surface area contributed by atoms with Crippen LogP contribution in [0.2, 0.25) is 0 Å². The summed E-state index contributed by atoms with van der Waals surface area (Å²) < 4.78 is 26.8. The zero-order chi connectivity index (χ0) is 17.7. The molecule has 0 aromatic heterocycles. The predicted octanol–water partition coefficient (Wildman–Crippen LogP) is 3.06. The van der Waals surface area contributed by atoms with Crippen molar-refractivity contribution in [2.75, 3.05) is 13.1 Å². The molecule has 2 amide bonds. The number of rotatable bonds is 6.